The number of nitrogens with zero attached hydrogens (tertiary/aromatic N) is 3. The topological polar surface area (TPSA) is 36.4 Å². The summed E-state index contributed by atoms with van der Waals surface area (Å²) in [6.45, 7) is 0.837. The fourth-order valence-corrected chi connectivity index (χ4v) is 2.01. The van der Waals surface area contributed by atoms with Crippen LogP contribution in [0.15, 0.2) is 30.2 Å². The van der Waals surface area contributed by atoms with Crippen LogP contribution in [-0.2, 0) is 0 Å². The third kappa shape index (κ3) is 2.30. The molecule has 0 radical (unpaired) electrons. The number of rotatable bonds is 1. The molecule has 4 heteroatoms. The van der Waals surface area contributed by atoms with Crippen molar-refractivity contribution >= 4 is 11.5 Å². The molecule has 0 unspecified atom stereocenters. The Bertz CT molecular complexity index is 465. The van der Waals surface area contributed by atoms with Gasteiger partial charge in [0, 0.05) is 51.2 Å². The number of hydrogen-bond acceptors (Lipinski definition) is 4. The van der Waals surface area contributed by atoms with E-state index in [9.17, 15) is 4.79 Å². The second-order valence-corrected chi connectivity index (χ2v) is 4.51. The lowest BCUT2D eigenvalue weighted by molar-refractivity contribution is 0.103. The van der Waals surface area contributed by atoms with E-state index in [-0.39, 0.29) is 5.78 Å². The van der Waals surface area contributed by atoms with Gasteiger partial charge in [0.25, 0.3) is 0 Å². The van der Waals surface area contributed by atoms with E-state index in [0.29, 0.717) is 0 Å². The monoisotopic (exact) mass is 231 g/mol. The highest BCUT2D eigenvalue weighted by atomic mass is 16.1. The molecule has 0 saturated heterocycles. The van der Waals surface area contributed by atoms with Crippen LogP contribution in [-0.4, -0.2) is 43.4 Å². The first-order chi connectivity index (χ1) is 8.09. The van der Waals surface area contributed by atoms with Gasteiger partial charge in [-0.1, -0.05) is 0 Å². The van der Waals surface area contributed by atoms with E-state index in [1.807, 2.05) is 32.2 Å². The molecule has 0 saturated carbocycles. The molecule has 0 atom stereocenters. The van der Waals surface area contributed by atoms with Crippen molar-refractivity contribution in [2.45, 2.75) is 6.42 Å². The van der Waals surface area contributed by atoms with Crippen LogP contribution < -0.4 is 4.90 Å². The first-order valence-corrected chi connectivity index (χ1v) is 5.66. The molecule has 0 aromatic carbocycles. The highest BCUT2D eigenvalue weighted by Crippen LogP contribution is 2.26. The molecule has 90 valence electrons. The minimum atomic E-state index is 0.112. The van der Waals surface area contributed by atoms with Crippen molar-refractivity contribution in [1.29, 1.82) is 0 Å². The molecule has 0 N–H and O–H groups in total. The van der Waals surface area contributed by atoms with Gasteiger partial charge in [0.15, 0.2) is 5.78 Å². The summed E-state index contributed by atoms with van der Waals surface area (Å²) in [7, 11) is 5.86. The van der Waals surface area contributed by atoms with Crippen molar-refractivity contribution in [2.75, 3.05) is 32.6 Å². The Morgan fingerprint density at radius 1 is 1.47 bits per heavy atom. The van der Waals surface area contributed by atoms with Gasteiger partial charge in [-0.25, -0.2) is 0 Å². The first kappa shape index (κ1) is 11.6. The van der Waals surface area contributed by atoms with Gasteiger partial charge >= 0.3 is 0 Å². The van der Waals surface area contributed by atoms with Gasteiger partial charge in [-0.2, -0.15) is 0 Å². The average molecular weight is 231 g/mol. The summed E-state index contributed by atoms with van der Waals surface area (Å²) in [6, 6.07) is 1.79. The molecule has 1 aliphatic heterocycles. The summed E-state index contributed by atoms with van der Waals surface area (Å²) in [6.07, 6.45) is 6.10. The maximum absolute atomic E-state index is 12.4. The van der Waals surface area contributed by atoms with Crippen molar-refractivity contribution in [1.82, 2.24) is 9.88 Å². The van der Waals surface area contributed by atoms with E-state index in [0.717, 1.165) is 29.8 Å². The van der Waals surface area contributed by atoms with Crippen molar-refractivity contribution in [3.8, 4) is 0 Å². The Labute approximate surface area is 102 Å². The molecule has 0 spiro atoms. The number of Topliss-reactive ketones (excluding diaryl/α,β-unsaturated/α-hetero) is 1. The average Bonchev–Trinajstić information content (AvgIpc) is 2.42. The van der Waals surface area contributed by atoms with Gasteiger partial charge in [0.2, 0.25) is 0 Å². The lowest BCUT2D eigenvalue weighted by Crippen LogP contribution is -2.18. The number of ketones is 1. The maximum atomic E-state index is 12.4. The Balaban J connectivity index is 2.47. The van der Waals surface area contributed by atoms with E-state index in [1.165, 1.54) is 0 Å². The van der Waals surface area contributed by atoms with E-state index >= 15 is 0 Å². The molecule has 0 amide bonds. The molecule has 2 heterocycles. The highest BCUT2D eigenvalue weighted by Gasteiger charge is 2.22. The van der Waals surface area contributed by atoms with Gasteiger partial charge in [-0.15, -0.1) is 0 Å². The van der Waals surface area contributed by atoms with Crippen LogP contribution in [0.2, 0.25) is 0 Å². The Hall–Kier alpha value is -1.84. The van der Waals surface area contributed by atoms with Crippen molar-refractivity contribution in [2.24, 2.45) is 0 Å². The molecule has 1 aromatic heterocycles. The second-order valence-electron chi connectivity index (χ2n) is 4.51. The Morgan fingerprint density at radius 2 is 2.24 bits per heavy atom. The fraction of sp³-hybridized carbons (Fsp3) is 0.385. The predicted molar refractivity (Wildman–Crippen MR) is 68.2 cm³/mol. The molecule has 17 heavy (non-hydrogen) atoms. The van der Waals surface area contributed by atoms with Crippen molar-refractivity contribution < 1.29 is 4.79 Å². The van der Waals surface area contributed by atoms with Crippen molar-refractivity contribution in [3.63, 3.8) is 0 Å². The zero-order chi connectivity index (χ0) is 12.4. The number of pyridine rings is 1. The Kier molecular flexibility index (Phi) is 3.13. The molecule has 0 aliphatic carbocycles. The van der Waals surface area contributed by atoms with Crippen molar-refractivity contribution in [3.05, 3.63) is 35.8 Å². The van der Waals surface area contributed by atoms with Gasteiger partial charge in [0.1, 0.15) is 0 Å². The van der Waals surface area contributed by atoms with E-state index in [1.54, 1.807) is 18.5 Å². The lowest BCUT2D eigenvalue weighted by Gasteiger charge is -2.17. The fourth-order valence-electron chi connectivity index (χ4n) is 2.01. The minimum absolute atomic E-state index is 0.112. The van der Waals surface area contributed by atoms with Crippen LogP contribution in [0.1, 0.15) is 16.8 Å². The number of aromatic nitrogens is 1. The standard InChI is InChI=1S/C13H17N3O/c1-15(2)9-10-5-7-16(3)12-8-14-6-4-11(12)13(10)17/h4,6,8-9H,5,7H2,1-3H3/b10-9-. The maximum Gasteiger partial charge on any atom is 0.192 e. The third-order valence-corrected chi connectivity index (χ3v) is 2.88. The number of fused-ring (bicyclic) bond motifs is 1. The predicted octanol–water partition coefficient (Wildman–Crippen LogP) is 1.55. The first-order valence-electron chi connectivity index (χ1n) is 5.66. The normalized spacial score (nSPS) is 17.9. The van der Waals surface area contributed by atoms with E-state index in [2.05, 4.69) is 9.88 Å². The number of carbonyl (C=O) groups excluding carboxylic acids is 1. The van der Waals surface area contributed by atoms with Crippen LogP contribution in [0.25, 0.3) is 0 Å². The van der Waals surface area contributed by atoms with Crippen LogP contribution >= 0.6 is 0 Å². The van der Waals surface area contributed by atoms with Gasteiger partial charge in [0.05, 0.1) is 11.9 Å². The molecule has 1 aromatic rings. The van der Waals surface area contributed by atoms with E-state index in [4.69, 9.17) is 0 Å². The van der Waals surface area contributed by atoms with Crippen LogP contribution in [0, 0.1) is 0 Å². The summed E-state index contributed by atoms with van der Waals surface area (Å²) < 4.78 is 0. The quantitative estimate of drug-likeness (QED) is 0.687. The summed E-state index contributed by atoms with van der Waals surface area (Å²) >= 11 is 0. The number of carbonyl (C=O) groups is 1. The van der Waals surface area contributed by atoms with Crippen LogP contribution in [0.5, 0.6) is 0 Å². The zero-order valence-corrected chi connectivity index (χ0v) is 10.5. The Morgan fingerprint density at radius 3 is 2.94 bits per heavy atom. The summed E-state index contributed by atoms with van der Waals surface area (Å²) in [4.78, 5) is 20.5. The molecule has 4 nitrogen and oxygen atoms in total. The lowest BCUT2D eigenvalue weighted by atomic mass is 10.0. The SMILES string of the molecule is CN(C)/C=C1/CCN(C)c2cnccc2C1=O. The van der Waals surface area contributed by atoms with Crippen LogP contribution in [0.4, 0.5) is 5.69 Å². The van der Waals surface area contributed by atoms with Gasteiger partial charge in [-0.05, 0) is 12.5 Å². The zero-order valence-electron chi connectivity index (χ0n) is 10.5. The second kappa shape index (κ2) is 4.57. The molecule has 2 rings (SSSR count). The molecular weight excluding hydrogens is 214 g/mol. The highest BCUT2D eigenvalue weighted by molar-refractivity contribution is 6.12. The number of anilines is 1. The summed E-state index contributed by atoms with van der Waals surface area (Å²) in [5.74, 6) is 0.112. The molecular formula is C13H17N3O. The van der Waals surface area contributed by atoms with Crippen LogP contribution in [0.3, 0.4) is 0 Å². The van der Waals surface area contributed by atoms with E-state index < -0.39 is 0 Å². The third-order valence-electron chi connectivity index (χ3n) is 2.88. The smallest absolute Gasteiger partial charge is 0.192 e. The summed E-state index contributed by atoms with van der Waals surface area (Å²) in [5, 5.41) is 0. The summed E-state index contributed by atoms with van der Waals surface area (Å²) in [5.41, 5.74) is 2.51. The van der Waals surface area contributed by atoms with Gasteiger partial charge < -0.3 is 9.80 Å². The minimum Gasteiger partial charge on any atom is -0.383 e. The number of hydrogen-bond donors (Lipinski definition) is 0. The molecule has 0 bridgehead atoms. The molecule has 1 aliphatic rings. The molecule has 0 fully saturated rings. The largest absolute Gasteiger partial charge is 0.383 e. The van der Waals surface area contributed by atoms with Gasteiger partial charge in [-0.3, -0.25) is 9.78 Å².